The van der Waals surface area contributed by atoms with E-state index in [-0.39, 0.29) is 6.79 Å². The quantitative estimate of drug-likeness (QED) is 0.357. The third-order valence-electron chi connectivity index (χ3n) is 4.52. The van der Waals surface area contributed by atoms with Gasteiger partial charge in [-0.05, 0) is 44.2 Å². The summed E-state index contributed by atoms with van der Waals surface area (Å²) in [5.74, 6) is 0.968. The van der Waals surface area contributed by atoms with Crippen LogP contribution in [0.1, 0.15) is 19.4 Å². The lowest BCUT2D eigenvalue weighted by atomic mass is 10.1. The number of methoxy groups -OCH3 is 2. The number of ether oxygens (including phenoxy) is 5. The van der Waals surface area contributed by atoms with Crippen LogP contribution in [0.15, 0.2) is 41.6 Å². The Morgan fingerprint density at radius 1 is 1.09 bits per heavy atom. The first-order valence-electron chi connectivity index (χ1n) is 9.70. The molecule has 0 fully saturated rings. The van der Waals surface area contributed by atoms with Gasteiger partial charge in [0.05, 0.1) is 25.6 Å². The highest BCUT2D eigenvalue weighted by atomic mass is 16.7. The van der Waals surface area contributed by atoms with Crippen LogP contribution in [0.25, 0.3) is 0 Å². The maximum Gasteiger partial charge on any atom is 0.347 e. The normalized spacial score (nSPS) is 13.2. The molecule has 2 aromatic carbocycles. The van der Waals surface area contributed by atoms with Gasteiger partial charge in [-0.3, -0.25) is 4.79 Å². The van der Waals surface area contributed by atoms with Gasteiger partial charge in [0.15, 0.2) is 17.6 Å². The summed E-state index contributed by atoms with van der Waals surface area (Å²) in [6, 6.07) is 10.3. The van der Waals surface area contributed by atoms with E-state index in [0.29, 0.717) is 34.4 Å². The van der Waals surface area contributed by atoms with Gasteiger partial charge in [0.25, 0.3) is 5.91 Å². The van der Waals surface area contributed by atoms with Gasteiger partial charge in [-0.15, -0.1) is 0 Å². The van der Waals surface area contributed by atoms with Crippen molar-refractivity contribution < 1.29 is 38.1 Å². The summed E-state index contributed by atoms with van der Waals surface area (Å²) in [4.78, 5) is 29.5. The molecule has 1 N–H and O–H groups in total. The zero-order valence-electron chi connectivity index (χ0n) is 18.2. The SMILES string of the molecule is COc1ccc(OC)c(NC(=O)C(C)OC(=O)CO/N=C(\C)c2ccc3c(c2)OCO3)c1. The van der Waals surface area contributed by atoms with Crippen molar-refractivity contribution in [2.75, 3.05) is 32.9 Å². The number of benzene rings is 2. The minimum Gasteiger partial charge on any atom is -0.497 e. The zero-order chi connectivity index (χ0) is 23.1. The van der Waals surface area contributed by atoms with E-state index in [4.69, 9.17) is 28.5 Å². The molecule has 32 heavy (non-hydrogen) atoms. The number of carbonyl (C=O) groups excluding carboxylic acids is 2. The fourth-order valence-corrected chi connectivity index (χ4v) is 2.79. The van der Waals surface area contributed by atoms with Crippen molar-refractivity contribution in [2.24, 2.45) is 5.16 Å². The van der Waals surface area contributed by atoms with E-state index in [0.717, 1.165) is 5.56 Å². The Bertz CT molecular complexity index is 1020. The van der Waals surface area contributed by atoms with Crippen LogP contribution in [0.4, 0.5) is 5.69 Å². The molecule has 1 amide bonds. The summed E-state index contributed by atoms with van der Waals surface area (Å²) in [7, 11) is 2.99. The second-order valence-electron chi connectivity index (χ2n) is 6.71. The Morgan fingerprint density at radius 2 is 1.88 bits per heavy atom. The molecular weight excluding hydrogens is 420 g/mol. The highest BCUT2D eigenvalue weighted by Crippen LogP contribution is 2.32. The van der Waals surface area contributed by atoms with Gasteiger partial charge in [0, 0.05) is 11.6 Å². The number of hydrogen-bond donors (Lipinski definition) is 1. The predicted octanol–water partition coefficient (Wildman–Crippen LogP) is 2.74. The summed E-state index contributed by atoms with van der Waals surface area (Å²) < 4.78 is 26.1. The zero-order valence-corrected chi connectivity index (χ0v) is 18.2. The Balaban J connectivity index is 1.50. The average molecular weight is 444 g/mol. The molecule has 10 nitrogen and oxygen atoms in total. The van der Waals surface area contributed by atoms with Gasteiger partial charge in [0.2, 0.25) is 13.4 Å². The van der Waals surface area contributed by atoms with Crippen LogP contribution < -0.4 is 24.3 Å². The standard InChI is InChI=1S/C22H24N2O8/c1-13(15-5-7-19-20(9-15)30-12-29-19)24-31-11-21(25)32-14(2)22(26)23-17-10-16(27-3)6-8-18(17)28-4/h5-10,14H,11-12H2,1-4H3,(H,23,26)/b24-13+. The molecule has 2 aromatic rings. The van der Waals surface area contributed by atoms with E-state index in [9.17, 15) is 9.59 Å². The van der Waals surface area contributed by atoms with E-state index >= 15 is 0 Å². The van der Waals surface area contributed by atoms with Crippen LogP contribution >= 0.6 is 0 Å². The van der Waals surface area contributed by atoms with E-state index in [1.54, 1.807) is 43.3 Å². The maximum absolute atomic E-state index is 12.4. The van der Waals surface area contributed by atoms with Gasteiger partial charge in [0.1, 0.15) is 11.5 Å². The molecule has 0 bridgehead atoms. The lowest BCUT2D eigenvalue weighted by molar-refractivity contribution is -0.157. The first kappa shape index (κ1) is 22.7. The number of nitrogens with zero attached hydrogens (tertiary/aromatic N) is 1. The Labute approximate surface area is 185 Å². The van der Waals surface area contributed by atoms with Crippen LogP contribution in [0.2, 0.25) is 0 Å². The largest absolute Gasteiger partial charge is 0.497 e. The summed E-state index contributed by atoms with van der Waals surface area (Å²) in [6.07, 6.45) is -1.07. The third kappa shape index (κ3) is 5.60. The third-order valence-corrected chi connectivity index (χ3v) is 4.52. The fraction of sp³-hybridized carbons (Fsp3) is 0.318. The number of esters is 1. The molecule has 0 aliphatic carbocycles. The molecule has 0 saturated heterocycles. The second-order valence-corrected chi connectivity index (χ2v) is 6.71. The second kappa shape index (κ2) is 10.4. The van der Waals surface area contributed by atoms with Crippen molar-refractivity contribution in [3.8, 4) is 23.0 Å². The maximum atomic E-state index is 12.4. The van der Waals surface area contributed by atoms with Gasteiger partial charge in [-0.25, -0.2) is 4.79 Å². The predicted molar refractivity (Wildman–Crippen MR) is 114 cm³/mol. The molecule has 170 valence electrons. The highest BCUT2D eigenvalue weighted by molar-refractivity contribution is 5.99. The highest BCUT2D eigenvalue weighted by Gasteiger charge is 2.20. The summed E-state index contributed by atoms with van der Waals surface area (Å²) in [5, 5.41) is 6.56. The van der Waals surface area contributed by atoms with Crippen LogP contribution in [-0.4, -0.2) is 51.3 Å². The molecule has 1 aliphatic heterocycles. The first-order chi connectivity index (χ1) is 15.4. The van der Waals surface area contributed by atoms with Crippen molar-refractivity contribution in [3.05, 3.63) is 42.0 Å². The Kier molecular flexibility index (Phi) is 7.37. The molecule has 0 radical (unpaired) electrons. The molecule has 3 rings (SSSR count). The lowest BCUT2D eigenvalue weighted by Gasteiger charge is -2.15. The number of hydrogen-bond acceptors (Lipinski definition) is 9. The van der Waals surface area contributed by atoms with Crippen molar-refractivity contribution >= 4 is 23.3 Å². The summed E-state index contributed by atoms with van der Waals surface area (Å²) >= 11 is 0. The van der Waals surface area contributed by atoms with Crippen LogP contribution in [0, 0.1) is 0 Å². The molecule has 0 aromatic heterocycles. The molecule has 1 aliphatic rings. The molecule has 10 heteroatoms. The topological polar surface area (TPSA) is 114 Å². The number of nitrogens with one attached hydrogen (secondary N) is 1. The number of oxime groups is 1. The average Bonchev–Trinajstić information content (AvgIpc) is 3.26. The number of amides is 1. The van der Waals surface area contributed by atoms with E-state index < -0.39 is 24.6 Å². The van der Waals surface area contributed by atoms with Gasteiger partial charge in [-0.2, -0.15) is 0 Å². The lowest BCUT2D eigenvalue weighted by Crippen LogP contribution is -2.31. The molecule has 0 spiro atoms. The molecule has 1 unspecified atom stereocenters. The molecule has 1 atom stereocenters. The number of carbonyl (C=O) groups is 2. The number of rotatable bonds is 9. The minimum absolute atomic E-state index is 0.174. The van der Waals surface area contributed by atoms with Gasteiger partial charge in [-0.1, -0.05) is 5.16 Å². The van der Waals surface area contributed by atoms with Crippen molar-refractivity contribution in [3.63, 3.8) is 0 Å². The van der Waals surface area contributed by atoms with E-state index in [1.807, 2.05) is 0 Å². The van der Waals surface area contributed by atoms with Gasteiger partial charge >= 0.3 is 5.97 Å². The van der Waals surface area contributed by atoms with Crippen molar-refractivity contribution in [2.45, 2.75) is 20.0 Å². The van der Waals surface area contributed by atoms with Crippen molar-refractivity contribution in [1.29, 1.82) is 0 Å². The van der Waals surface area contributed by atoms with Crippen molar-refractivity contribution in [1.82, 2.24) is 0 Å². The smallest absolute Gasteiger partial charge is 0.347 e. The van der Waals surface area contributed by atoms with Crippen LogP contribution in [-0.2, 0) is 19.2 Å². The Hall–Kier alpha value is -3.95. The molecule has 1 heterocycles. The number of anilines is 1. The first-order valence-corrected chi connectivity index (χ1v) is 9.70. The summed E-state index contributed by atoms with van der Waals surface area (Å²) in [5.41, 5.74) is 1.68. The van der Waals surface area contributed by atoms with E-state index in [1.165, 1.54) is 21.1 Å². The van der Waals surface area contributed by atoms with Gasteiger partial charge < -0.3 is 33.8 Å². The van der Waals surface area contributed by atoms with E-state index in [2.05, 4.69) is 10.5 Å². The molecule has 0 saturated carbocycles. The number of fused-ring (bicyclic) bond motifs is 1. The summed E-state index contributed by atoms with van der Waals surface area (Å²) in [6.45, 7) is 2.89. The van der Waals surface area contributed by atoms with Crippen LogP contribution in [0.3, 0.4) is 0 Å². The Morgan fingerprint density at radius 3 is 2.62 bits per heavy atom. The van der Waals surface area contributed by atoms with Crippen LogP contribution in [0.5, 0.6) is 23.0 Å². The monoisotopic (exact) mass is 444 g/mol. The fourth-order valence-electron chi connectivity index (χ4n) is 2.79. The minimum atomic E-state index is -1.07. The molecular formula is C22H24N2O8.